The van der Waals surface area contributed by atoms with Crippen molar-refractivity contribution in [3.05, 3.63) is 21.9 Å². The summed E-state index contributed by atoms with van der Waals surface area (Å²) in [6.07, 6.45) is 1.22. The Hall–Kier alpha value is -0.380. The quantitative estimate of drug-likeness (QED) is 0.804. The Bertz CT molecular complexity index is 365. The number of hydrogen-bond acceptors (Lipinski definition) is 3. The van der Waals surface area contributed by atoms with E-state index in [1.54, 1.807) is 0 Å². The monoisotopic (exact) mass is 282 g/mol. The molecule has 1 unspecified atom stereocenters. The van der Waals surface area contributed by atoms with E-state index in [1.165, 1.54) is 16.2 Å². The Morgan fingerprint density at radius 1 is 1.21 bits per heavy atom. The van der Waals surface area contributed by atoms with Crippen molar-refractivity contribution < 1.29 is 0 Å². The summed E-state index contributed by atoms with van der Waals surface area (Å²) in [5.74, 6) is 0. The van der Waals surface area contributed by atoms with E-state index in [0.717, 1.165) is 19.6 Å². The average Bonchev–Trinajstić information content (AvgIpc) is 2.79. The number of thiophene rings is 1. The zero-order valence-corrected chi connectivity index (χ0v) is 14.2. The minimum Gasteiger partial charge on any atom is -0.307 e. The maximum Gasteiger partial charge on any atom is 0.0330 e. The molecule has 0 aromatic carbocycles. The second-order valence-electron chi connectivity index (χ2n) is 6.29. The van der Waals surface area contributed by atoms with Crippen molar-refractivity contribution in [3.63, 3.8) is 0 Å². The Morgan fingerprint density at radius 3 is 2.37 bits per heavy atom. The Labute approximate surface area is 123 Å². The van der Waals surface area contributed by atoms with Gasteiger partial charge in [-0.25, -0.2) is 0 Å². The molecule has 0 fully saturated rings. The van der Waals surface area contributed by atoms with E-state index in [4.69, 9.17) is 0 Å². The van der Waals surface area contributed by atoms with Gasteiger partial charge < -0.3 is 5.32 Å². The molecule has 3 heteroatoms. The molecule has 0 radical (unpaired) electrons. The van der Waals surface area contributed by atoms with Gasteiger partial charge in [0.2, 0.25) is 0 Å². The van der Waals surface area contributed by atoms with Crippen LogP contribution in [-0.4, -0.2) is 23.0 Å². The molecule has 110 valence electrons. The fourth-order valence-corrected chi connectivity index (χ4v) is 2.98. The average molecular weight is 282 g/mol. The van der Waals surface area contributed by atoms with Crippen LogP contribution < -0.4 is 5.32 Å². The Kier molecular flexibility index (Phi) is 6.51. The molecule has 0 spiro atoms. The van der Waals surface area contributed by atoms with Crippen LogP contribution in [0.4, 0.5) is 0 Å². The summed E-state index contributed by atoms with van der Waals surface area (Å²) in [4.78, 5) is 5.46. The molecule has 1 rings (SSSR count). The third-order valence-corrected chi connectivity index (χ3v) is 4.56. The van der Waals surface area contributed by atoms with Crippen LogP contribution >= 0.6 is 11.3 Å². The highest BCUT2D eigenvalue weighted by Crippen LogP contribution is 2.20. The SMILES string of the molecule is CCC(C)N(CC)Cc1ccc(CNC(C)(C)C)s1. The first-order valence-electron chi connectivity index (χ1n) is 7.42. The van der Waals surface area contributed by atoms with Crippen LogP contribution in [0.3, 0.4) is 0 Å². The van der Waals surface area contributed by atoms with Gasteiger partial charge in [-0.2, -0.15) is 0 Å². The molecule has 1 heterocycles. The van der Waals surface area contributed by atoms with Crippen LogP contribution in [0.15, 0.2) is 12.1 Å². The minimum absolute atomic E-state index is 0.191. The van der Waals surface area contributed by atoms with E-state index >= 15 is 0 Å². The van der Waals surface area contributed by atoms with Crippen molar-refractivity contribution in [1.82, 2.24) is 10.2 Å². The van der Waals surface area contributed by atoms with E-state index < -0.39 is 0 Å². The van der Waals surface area contributed by atoms with Crippen LogP contribution in [0, 0.1) is 0 Å². The van der Waals surface area contributed by atoms with Crippen LogP contribution in [0.2, 0.25) is 0 Å². The van der Waals surface area contributed by atoms with Crippen molar-refractivity contribution in [2.45, 2.75) is 72.6 Å². The van der Waals surface area contributed by atoms with Crippen LogP contribution in [0.25, 0.3) is 0 Å². The zero-order valence-electron chi connectivity index (χ0n) is 13.4. The molecule has 0 aliphatic carbocycles. The normalized spacial score (nSPS) is 14.1. The predicted molar refractivity (Wildman–Crippen MR) is 86.7 cm³/mol. The van der Waals surface area contributed by atoms with Gasteiger partial charge in [0, 0.05) is 34.4 Å². The highest BCUT2D eigenvalue weighted by molar-refractivity contribution is 7.11. The van der Waals surface area contributed by atoms with Gasteiger partial charge in [-0.3, -0.25) is 4.90 Å². The van der Waals surface area contributed by atoms with E-state index in [-0.39, 0.29) is 5.54 Å². The molecular formula is C16H30N2S. The molecule has 1 aromatic heterocycles. The molecule has 0 aliphatic rings. The molecule has 19 heavy (non-hydrogen) atoms. The summed E-state index contributed by atoms with van der Waals surface area (Å²) >= 11 is 1.94. The summed E-state index contributed by atoms with van der Waals surface area (Å²) in [5.41, 5.74) is 0.191. The molecule has 1 N–H and O–H groups in total. The fraction of sp³-hybridized carbons (Fsp3) is 0.750. The third kappa shape index (κ3) is 6.07. The van der Waals surface area contributed by atoms with E-state index in [1.807, 2.05) is 11.3 Å². The second kappa shape index (κ2) is 7.41. The summed E-state index contributed by atoms with van der Waals surface area (Å²) in [6.45, 7) is 16.7. The summed E-state index contributed by atoms with van der Waals surface area (Å²) in [6, 6.07) is 5.22. The van der Waals surface area contributed by atoms with Gasteiger partial charge in [-0.15, -0.1) is 11.3 Å². The van der Waals surface area contributed by atoms with Gasteiger partial charge in [-0.1, -0.05) is 13.8 Å². The maximum absolute atomic E-state index is 3.55. The van der Waals surface area contributed by atoms with E-state index in [9.17, 15) is 0 Å². The Balaban J connectivity index is 2.54. The number of nitrogens with one attached hydrogen (secondary N) is 1. The highest BCUT2D eigenvalue weighted by atomic mass is 32.1. The van der Waals surface area contributed by atoms with Crippen molar-refractivity contribution >= 4 is 11.3 Å². The molecule has 2 nitrogen and oxygen atoms in total. The van der Waals surface area contributed by atoms with Gasteiger partial charge in [0.1, 0.15) is 0 Å². The van der Waals surface area contributed by atoms with Crippen molar-refractivity contribution in [2.24, 2.45) is 0 Å². The van der Waals surface area contributed by atoms with Gasteiger partial charge in [0.25, 0.3) is 0 Å². The topological polar surface area (TPSA) is 15.3 Å². The predicted octanol–water partition coefficient (Wildman–Crippen LogP) is 4.26. The third-order valence-electron chi connectivity index (χ3n) is 3.49. The van der Waals surface area contributed by atoms with E-state index in [0.29, 0.717) is 6.04 Å². The van der Waals surface area contributed by atoms with Crippen molar-refractivity contribution in [3.8, 4) is 0 Å². The summed E-state index contributed by atoms with van der Waals surface area (Å²) < 4.78 is 0. The van der Waals surface area contributed by atoms with Crippen LogP contribution in [0.1, 0.15) is 57.7 Å². The molecule has 1 atom stereocenters. The first-order chi connectivity index (χ1) is 8.85. The molecule has 0 saturated heterocycles. The van der Waals surface area contributed by atoms with Gasteiger partial charge in [0.05, 0.1) is 0 Å². The minimum atomic E-state index is 0.191. The fourth-order valence-electron chi connectivity index (χ4n) is 1.99. The Morgan fingerprint density at radius 2 is 1.84 bits per heavy atom. The van der Waals surface area contributed by atoms with Crippen molar-refractivity contribution in [2.75, 3.05) is 6.54 Å². The smallest absolute Gasteiger partial charge is 0.0330 e. The highest BCUT2D eigenvalue weighted by Gasteiger charge is 2.13. The number of hydrogen-bond donors (Lipinski definition) is 1. The second-order valence-corrected chi connectivity index (χ2v) is 7.54. The van der Waals surface area contributed by atoms with Gasteiger partial charge >= 0.3 is 0 Å². The lowest BCUT2D eigenvalue weighted by Crippen LogP contribution is -2.34. The van der Waals surface area contributed by atoms with Crippen LogP contribution in [0.5, 0.6) is 0 Å². The molecule has 0 bridgehead atoms. The first kappa shape index (κ1) is 16.7. The van der Waals surface area contributed by atoms with Crippen molar-refractivity contribution in [1.29, 1.82) is 0 Å². The molecule has 0 saturated carbocycles. The number of nitrogens with zero attached hydrogens (tertiary/aromatic N) is 1. The largest absolute Gasteiger partial charge is 0.307 e. The lowest BCUT2D eigenvalue weighted by Gasteiger charge is -2.26. The molecule has 1 aromatic rings. The molecule has 0 amide bonds. The molecule has 0 aliphatic heterocycles. The van der Waals surface area contributed by atoms with E-state index in [2.05, 4.69) is 63.9 Å². The molecular weight excluding hydrogens is 252 g/mol. The first-order valence-corrected chi connectivity index (χ1v) is 8.24. The lowest BCUT2D eigenvalue weighted by atomic mass is 10.1. The standard InChI is InChI=1S/C16H30N2S/c1-7-13(3)18(8-2)12-15-10-9-14(19-15)11-17-16(4,5)6/h9-10,13,17H,7-8,11-12H2,1-6H3. The zero-order chi connectivity index (χ0) is 14.5. The van der Waals surface area contributed by atoms with Gasteiger partial charge in [0.15, 0.2) is 0 Å². The summed E-state index contributed by atoms with van der Waals surface area (Å²) in [5, 5.41) is 3.55. The number of rotatable bonds is 7. The maximum atomic E-state index is 3.55. The van der Waals surface area contributed by atoms with Crippen LogP contribution in [-0.2, 0) is 13.1 Å². The summed E-state index contributed by atoms with van der Waals surface area (Å²) in [7, 11) is 0. The lowest BCUT2D eigenvalue weighted by molar-refractivity contribution is 0.208. The van der Waals surface area contributed by atoms with Gasteiger partial charge in [-0.05, 0) is 52.8 Å².